The number of benzene rings is 2. The smallest absolute Gasteiger partial charge is 0.387 e. The van der Waals surface area contributed by atoms with Crippen molar-refractivity contribution in [2.24, 2.45) is 0 Å². The highest BCUT2D eigenvalue weighted by molar-refractivity contribution is 7.92. The van der Waals surface area contributed by atoms with Gasteiger partial charge in [-0.25, -0.2) is 13.1 Å². The van der Waals surface area contributed by atoms with E-state index in [0.29, 0.717) is 17.6 Å². The van der Waals surface area contributed by atoms with E-state index in [4.69, 9.17) is 11.6 Å². The van der Waals surface area contributed by atoms with Crippen molar-refractivity contribution in [2.45, 2.75) is 30.4 Å². The monoisotopic (exact) mass is 441 g/mol. The molecule has 0 unspecified atom stereocenters. The number of nitrogens with one attached hydrogen (secondary N) is 1. The molecular weight excluding hydrogens is 428 g/mol. The fourth-order valence-corrected chi connectivity index (χ4v) is 4.06. The van der Waals surface area contributed by atoms with E-state index < -0.39 is 16.6 Å². The topological polar surface area (TPSA) is 99.0 Å². The standard InChI is InChI=1S/C17H14ClF2N5O3S/c18-14-9-13(7-8-15(14)28-17(19)20)29(26,27)22-11-3-1-10(2-4-11)16-21-23-24-25(16)12-5-6-12/h1-4,7-9,12,17,22H,5-6H2. The van der Waals surface area contributed by atoms with Gasteiger partial charge in [-0.3, -0.25) is 4.72 Å². The normalized spacial score (nSPS) is 14.2. The maximum atomic E-state index is 12.6. The van der Waals surface area contributed by atoms with Gasteiger partial charge in [0.2, 0.25) is 0 Å². The highest BCUT2D eigenvalue weighted by Gasteiger charge is 2.28. The first-order valence-corrected chi connectivity index (χ1v) is 10.3. The first-order chi connectivity index (χ1) is 13.8. The van der Waals surface area contributed by atoms with Gasteiger partial charge >= 0.3 is 6.61 Å². The Morgan fingerprint density at radius 2 is 1.90 bits per heavy atom. The maximum absolute atomic E-state index is 12.6. The lowest BCUT2D eigenvalue weighted by atomic mass is 10.2. The molecule has 0 atom stereocenters. The zero-order valence-electron chi connectivity index (χ0n) is 14.7. The van der Waals surface area contributed by atoms with Gasteiger partial charge in [0.25, 0.3) is 10.0 Å². The van der Waals surface area contributed by atoms with Crippen LogP contribution in [0.3, 0.4) is 0 Å². The second kappa shape index (κ2) is 7.56. The highest BCUT2D eigenvalue weighted by atomic mass is 35.5. The van der Waals surface area contributed by atoms with Crippen molar-refractivity contribution in [1.29, 1.82) is 0 Å². The maximum Gasteiger partial charge on any atom is 0.387 e. The van der Waals surface area contributed by atoms with Crippen molar-refractivity contribution < 1.29 is 21.9 Å². The van der Waals surface area contributed by atoms with Crippen LogP contribution in [0.15, 0.2) is 47.4 Å². The van der Waals surface area contributed by atoms with Crippen molar-refractivity contribution in [3.63, 3.8) is 0 Å². The minimum Gasteiger partial charge on any atom is -0.433 e. The summed E-state index contributed by atoms with van der Waals surface area (Å²) in [5.41, 5.74) is 1.06. The Labute approximate surface area is 169 Å². The first-order valence-electron chi connectivity index (χ1n) is 8.49. The van der Waals surface area contributed by atoms with Crippen LogP contribution in [-0.4, -0.2) is 35.2 Å². The van der Waals surface area contributed by atoms with Gasteiger partial charge in [-0.2, -0.15) is 8.78 Å². The molecule has 29 heavy (non-hydrogen) atoms. The van der Waals surface area contributed by atoms with E-state index >= 15 is 0 Å². The molecule has 152 valence electrons. The number of nitrogens with zero attached hydrogens (tertiary/aromatic N) is 4. The minimum absolute atomic E-state index is 0.189. The molecule has 8 nitrogen and oxygen atoms in total. The molecule has 1 aliphatic rings. The van der Waals surface area contributed by atoms with Crippen molar-refractivity contribution in [2.75, 3.05) is 4.72 Å². The van der Waals surface area contributed by atoms with Crippen LogP contribution in [0.1, 0.15) is 18.9 Å². The largest absolute Gasteiger partial charge is 0.433 e. The van der Waals surface area contributed by atoms with Gasteiger partial charge in [0, 0.05) is 11.3 Å². The van der Waals surface area contributed by atoms with E-state index in [9.17, 15) is 17.2 Å². The van der Waals surface area contributed by atoms with Crippen LogP contribution in [-0.2, 0) is 10.0 Å². The van der Waals surface area contributed by atoms with Crippen molar-refractivity contribution in [3.05, 3.63) is 47.5 Å². The lowest BCUT2D eigenvalue weighted by Gasteiger charge is -2.11. The van der Waals surface area contributed by atoms with Gasteiger partial charge in [-0.1, -0.05) is 11.6 Å². The Hall–Kier alpha value is -2.79. The van der Waals surface area contributed by atoms with Crippen LogP contribution in [0.2, 0.25) is 5.02 Å². The molecule has 1 heterocycles. The second-order valence-electron chi connectivity index (χ2n) is 6.33. The highest BCUT2D eigenvalue weighted by Crippen LogP contribution is 2.36. The molecule has 0 amide bonds. The van der Waals surface area contributed by atoms with Crippen LogP contribution in [0.4, 0.5) is 14.5 Å². The Morgan fingerprint density at radius 1 is 1.17 bits per heavy atom. The molecule has 4 rings (SSSR count). The Morgan fingerprint density at radius 3 is 2.52 bits per heavy atom. The SMILES string of the molecule is O=S(=O)(Nc1ccc(-c2nnnn2C2CC2)cc1)c1ccc(OC(F)F)c(Cl)c1. The van der Waals surface area contributed by atoms with Crippen LogP contribution in [0.25, 0.3) is 11.4 Å². The molecule has 1 aliphatic carbocycles. The molecule has 0 radical (unpaired) electrons. The van der Waals surface area contributed by atoms with Gasteiger partial charge in [0.15, 0.2) is 5.82 Å². The molecule has 12 heteroatoms. The fourth-order valence-electron chi connectivity index (χ4n) is 2.69. The van der Waals surface area contributed by atoms with Gasteiger partial charge in [0.05, 0.1) is 16.0 Å². The van der Waals surface area contributed by atoms with E-state index in [0.717, 1.165) is 36.6 Å². The summed E-state index contributed by atoms with van der Waals surface area (Å²) in [4.78, 5) is -0.189. The summed E-state index contributed by atoms with van der Waals surface area (Å²) in [6.45, 7) is -3.06. The summed E-state index contributed by atoms with van der Waals surface area (Å²) >= 11 is 5.83. The van der Waals surface area contributed by atoms with Crippen LogP contribution in [0.5, 0.6) is 5.75 Å². The van der Waals surface area contributed by atoms with E-state index in [-0.39, 0.29) is 15.7 Å². The third-order valence-electron chi connectivity index (χ3n) is 4.21. The lowest BCUT2D eigenvalue weighted by molar-refractivity contribution is -0.0498. The number of ether oxygens (including phenoxy) is 1. The quantitative estimate of drug-likeness (QED) is 0.599. The number of halogens is 3. The number of hydrogen-bond acceptors (Lipinski definition) is 6. The van der Waals surface area contributed by atoms with E-state index in [1.165, 1.54) is 0 Å². The van der Waals surface area contributed by atoms with Gasteiger partial charge in [-0.05, 0) is 65.7 Å². The first kappa shape index (κ1) is 19.5. The van der Waals surface area contributed by atoms with Crippen LogP contribution < -0.4 is 9.46 Å². The third-order valence-corrected chi connectivity index (χ3v) is 5.88. The average Bonchev–Trinajstić information content (AvgIpc) is 3.40. The van der Waals surface area contributed by atoms with Gasteiger partial charge < -0.3 is 4.74 Å². The minimum atomic E-state index is -3.98. The summed E-state index contributed by atoms with van der Waals surface area (Å²) < 4.78 is 58.1. The molecule has 0 aliphatic heterocycles. The molecule has 1 aromatic heterocycles. The number of hydrogen-bond donors (Lipinski definition) is 1. The molecular formula is C17H14ClF2N5O3S. The second-order valence-corrected chi connectivity index (χ2v) is 8.42. The molecule has 1 N–H and O–H groups in total. The molecule has 0 saturated heterocycles. The van der Waals surface area contributed by atoms with Gasteiger partial charge in [0.1, 0.15) is 5.75 Å². The average molecular weight is 442 g/mol. The number of rotatable bonds is 7. The fraction of sp³-hybridized carbons (Fsp3) is 0.235. The third kappa shape index (κ3) is 4.30. The summed E-state index contributed by atoms with van der Waals surface area (Å²) in [6, 6.07) is 10.1. The Bertz CT molecular complexity index is 1130. The molecule has 1 saturated carbocycles. The summed E-state index contributed by atoms with van der Waals surface area (Å²) in [6.07, 6.45) is 2.05. The molecule has 0 bridgehead atoms. The van der Waals surface area contributed by atoms with Crippen molar-refractivity contribution in [1.82, 2.24) is 20.2 Å². The number of tetrazole rings is 1. The number of sulfonamides is 1. The Kier molecular flexibility index (Phi) is 5.09. The summed E-state index contributed by atoms with van der Waals surface area (Å²) in [7, 11) is -3.98. The number of alkyl halides is 2. The Balaban J connectivity index is 1.52. The molecule has 3 aromatic rings. The van der Waals surface area contributed by atoms with Crippen molar-refractivity contribution in [3.8, 4) is 17.1 Å². The van der Waals surface area contributed by atoms with Gasteiger partial charge in [-0.15, -0.1) is 5.10 Å². The zero-order valence-corrected chi connectivity index (χ0v) is 16.2. The van der Waals surface area contributed by atoms with Crippen LogP contribution >= 0.6 is 11.6 Å². The number of aromatic nitrogens is 4. The van der Waals surface area contributed by atoms with E-state index in [1.807, 2.05) is 0 Å². The lowest BCUT2D eigenvalue weighted by Crippen LogP contribution is -2.13. The predicted octanol–water partition coefficient (Wildman–Crippen LogP) is 3.73. The summed E-state index contributed by atoms with van der Waals surface area (Å²) in [5.74, 6) is 0.307. The predicted molar refractivity (Wildman–Crippen MR) is 100 cm³/mol. The zero-order chi connectivity index (χ0) is 20.6. The van der Waals surface area contributed by atoms with E-state index in [1.54, 1.807) is 28.9 Å². The number of anilines is 1. The molecule has 1 fully saturated rings. The molecule has 2 aromatic carbocycles. The van der Waals surface area contributed by atoms with E-state index in [2.05, 4.69) is 25.0 Å². The van der Waals surface area contributed by atoms with Crippen LogP contribution in [0, 0.1) is 0 Å². The summed E-state index contributed by atoms with van der Waals surface area (Å²) in [5, 5.41) is 11.5. The van der Waals surface area contributed by atoms with Crippen molar-refractivity contribution >= 4 is 27.3 Å². The molecule has 0 spiro atoms.